The lowest BCUT2D eigenvalue weighted by Crippen LogP contribution is -2.37. The van der Waals surface area contributed by atoms with Crippen molar-refractivity contribution in [3.63, 3.8) is 0 Å². The molecule has 0 atom stereocenters. The maximum Gasteiger partial charge on any atom is 0.276 e. The smallest absolute Gasteiger partial charge is 0.271 e. The van der Waals surface area contributed by atoms with Crippen LogP contribution in [0.4, 0.5) is 14.6 Å². The highest BCUT2D eigenvalue weighted by molar-refractivity contribution is 6.19. The maximum atomic E-state index is 12.8. The molecule has 1 aliphatic rings. The predicted octanol–water partition coefficient (Wildman–Crippen LogP) is 3.78. The van der Waals surface area contributed by atoms with E-state index in [-0.39, 0.29) is 17.1 Å². The largest absolute Gasteiger partial charge is 0.276 e. The number of nitrogens with one attached hydrogen (secondary N) is 1. The minimum atomic E-state index is -2.62. The maximum absolute atomic E-state index is 12.8. The Morgan fingerprint density at radius 1 is 1.17 bits per heavy atom. The average Bonchev–Trinajstić information content (AvgIpc) is 2.69. The van der Waals surface area contributed by atoms with Crippen LogP contribution in [0.3, 0.4) is 0 Å². The number of halogens is 2. The number of anilines is 1. The second-order valence-electron chi connectivity index (χ2n) is 6.27. The van der Waals surface area contributed by atoms with E-state index in [4.69, 9.17) is 0 Å². The van der Waals surface area contributed by atoms with Crippen molar-refractivity contribution in [1.82, 2.24) is 9.99 Å². The van der Waals surface area contributed by atoms with E-state index < -0.39 is 18.2 Å². The summed E-state index contributed by atoms with van der Waals surface area (Å²) in [5, 5.41) is 0.898. The van der Waals surface area contributed by atoms with Crippen LogP contribution in [0.25, 0.3) is 0 Å². The number of imide groups is 1. The summed E-state index contributed by atoms with van der Waals surface area (Å²) in [5.41, 5.74) is 3.51. The zero-order chi connectivity index (χ0) is 18.0. The van der Waals surface area contributed by atoms with Gasteiger partial charge in [-0.15, -0.1) is 0 Å². The molecule has 0 radical (unpaired) electrons. The van der Waals surface area contributed by atoms with E-state index in [0.29, 0.717) is 23.5 Å². The van der Waals surface area contributed by atoms with Crippen molar-refractivity contribution in [2.75, 3.05) is 5.43 Å². The number of alkyl halides is 2. The molecule has 0 saturated carbocycles. The average molecular weight is 337 g/mol. The summed E-state index contributed by atoms with van der Waals surface area (Å²) in [6.07, 6.45) is -1.28. The van der Waals surface area contributed by atoms with E-state index >= 15 is 0 Å². The van der Waals surface area contributed by atoms with Crippen LogP contribution in [0.2, 0.25) is 0 Å². The van der Waals surface area contributed by atoms with Crippen molar-refractivity contribution in [2.45, 2.75) is 47.0 Å². The molecule has 0 bridgehead atoms. The monoisotopic (exact) mass is 337 g/mol. The molecule has 1 aromatic heterocycles. The molecule has 130 valence electrons. The molecule has 1 aromatic rings. The van der Waals surface area contributed by atoms with Gasteiger partial charge in [-0.2, -0.15) is 5.01 Å². The van der Waals surface area contributed by atoms with Crippen molar-refractivity contribution in [3.05, 3.63) is 34.5 Å². The van der Waals surface area contributed by atoms with Gasteiger partial charge in [0, 0.05) is 22.4 Å². The molecule has 0 saturated heterocycles. The van der Waals surface area contributed by atoms with E-state index in [2.05, 4.69) is 10.4 Å². The first-order chi connectivity index (χ1) is 11.2. The van der Waals surface area contributed by atoms with Crippen LogP contribution in [0.1, 0.15) is 51.3 Å². The lowest BCUT2D eigenvalue weighted by Gasteiger charge is -2.17. The SMILES string of the molecule is CC1=C(CCC(C)C)C(=O)N(Nc2ccc(C(F)F)c(C)n2)C1=O. The summed E-state index contributed by atoms with van der Waals surface area (Å²) < 4.78 is 25.5. The van der Waals surface area contributed by atoms with Crippen molar-refractivity contribution in [3.8, 4) is 0 Å². The fourth-order valence-electron chi connectivity index (χ4n) is 2.49. The van der Waals surface area contributed by atoms with Gasteiger partial charge in [0.1, 0.15) is 5.82 Å². The third-order valence-electron chi connectivity index (χ3n) is 4.00. The first-order valence-corrected chi connectivity index (χ1v) is 7.83. The fraction of sp³-hybridized carbons (Fsp3) is 0.471. The lowest BCUT2D eigenvalue weighted by atomic mass is 10.0. The summed E-state index contributed by atoms with van der Waals surface area (Å²) in [4.78, 5) is 28.7. The molecule has 5 nitrogen and oxygen atoms in total. The molecule has 2 amide bonds. The van der Waals surface area contributed by atoms with E-state index in [1.54, 1.807) is 6.92 Å². The van der Waals surface area contributed by atoms with Gasteiger partial charge in [-0.25, -0.2) is 13.8 Å². The molecule has 0 fully saturated rings. The van der Waals surface area contributed by atoms with Crippen LogP contribution >= 0.6 is 0 Å². The summed E-state index contributed by atoms with van der Waals surface area (Å²) in [7, 11) is 0. The number of pyridine rings is 1. The van der Waals surface area contributed by atoms with E-state index in [1.807, 2.05) is 13.8 Å². The van der Waals surface area contributed by atoms with E-state index in [9.17, 15) is 18.4 Å². The fourth-order valence-corrected chi connectivity index (χ4v) is 2.49. The summed E-state index contributed by atoms with van der Waals surface area (Å²) in [6.45, 7) is 7.17. The number of rotatable bonds is 6. The number of aromatic nitrogens is 1. The van der Waals surface area contributed by atoms with Crippen LogP contribution in [-0.2, 0) is 9.59 Å². The van der Waals surface area contributed by atoms with Crippen molar-refractivity contribution >= 4 is 17.6 Å². The topological polar surface area (TPSA) is 62.3 Å². The normalized spacial score (nSPS) is 15.2. The number of hydrogen-bond acceptors (Lipinski definition) is 4. The van der Waals surface area contributed by atoms with Gasteiger partial charge < -0.3 is 0 Å². The highest BCUT2D eigenvalue weighted by Crippen LogP contribution is 2.27. The van der Waals surface area contributed by atoms with Gasteiger partial charge in [-0.05, 0) is 44.7 Å². The van der Waals surface area contributed by atoms with Crippen LogP contribution in [0.5, 0.6) is 0 Å². The van der Waals surface area contributed by atoms with E-state index in [0.717, 1.165) is 11.4 Å². The molecule has 1 aliphatic heterocycles. The molecular formula is C17H21F2N3O2. The number of hydrogen-bond donors (Lipinski definition) is 1. The molecule has 2 rings (SSSR count). The standard InChI is InChI=1S/C17H21F2N3O2/c1-9(2)5-6-12-10(3)16(23)22(17(12)24)21-14-8-7-13(15(18)19)11(4)20-14/h7-9,15H,5-6H2,1-4H3,(H,20,21). The Morgan fingerprint density at radius 3 is 2.38 bits per heavy atom. The van der Waals surface area contributed by atoms with Crippen molar-refractivity contribution in [2.24, 2.45) is 5.92 Å². The van der Waals surface area contributed by atoms with Gasteiger partial charge in [0.2, 0.25) is 0 Å². The van der Waals surface area contributed by atoms with Crippen LogP contribution < -0.4 is 5.43 Å². The Bertz CT molecular complexity index is 699. The lowest BCUT2D eigenvalue weighted by molar-refractivity contribution is -0.136. The van der Waals surface area contributed by atoms with Gasteiger partial charge in [-0.3, -0.25) is 15.0 Å². The summed E-state index contributed by atoms with van der Waals surface area (Å²) in [5.74, 6) is -0.246. The molecule has 7 heteroatoms. The van der Waals surface area contributed by atoms with Gasteiger partial charge in [0.05, 0.1) is 0 Å². The Balaban J connectivity index is 2.16. The first kappa shape index (κ1) is 18.0. The summed E-state index contributed by atoms with van der Waals surface area (Å²) >= 11 is 0. The first-order valence-electron chi connectivity index (χ1n) is 7.83. The molecule has 0 unspecified atom stereocenters. The Labute approximate surface area is 139 Å². The van der Waals surface area contributed by atoms with Gasteiger partial charge in [0.15, 0.2) is 0 Å². The number of amides is 2. The van der Waals surface area contributed by atoms with Crippen LogP contribution in [0, 0.1) is 12.8 Å². The molecule has 0 spiro atoms. The molecule has 24 heavy (non-hydrogen) atoms. The second kappa shape index (κ2) is 7.07. The molecular weight excluding hydrogens is 316 g/mol. The van der Waals surface area contributed by atoms with Gasteiger partial charge in [0.25, 0.3) is 18.2 Å². The van der Waals surface area contributed by atoms with Gasteiger partial charge in [-0.1, -0.05) is 13.8 Å². The minimum Gasteiger partial charge on any atom is -0.271 e. The van der Waals surface area contributed by atoms with Gasteiger partial charge >= 0.3 is 0 Å². The number of hydrazine groups is 1. The quantitative estimate of drug-likeness (QED) is 0.803. The van der Waals surface area contributed by atoms with Crippen LogP contribution in [0.15, 0.2) is 23.3 Å². The van der Waals surface area contributed by atoms with Crippen molar-refractivity contribution < 1.29 is 18.4 Å². The molecule has 2 heterocycles. The number of carbonyl (C=O) groups excluding carboxylic acids is 2. The predicted molar refractivity (Wildman–Crippen MR) is 86.2 cm³/mol. The number of nitrogens with zero attached hydrogens (tertiary/aromatic N) is 2. The Kier molecular flexibility index (Phi) is 5.31. The Morgan fingerprint density at radius 2 is 1.83 bits per heavy atom. The van der Waals surface area contributed by atoms with Crippen molar-refractivity contribution in [1.29, 1.82) is 0 Å². The zero-order valence-electron chi connectivity index (χ0n) is 14.2. The van der Waals surface area contributed by atoms with E-state index in [1.165, 1.54) is 19.1 Å². The zero-order valence-corrected chi connectivity index (χ0v) is 14.2. The number of aryl methyl sites for hydroxylation is 1. The summed E-state index contributed by atoms with van der Waals surface area (Å²) in [6, 6.07) is 2.57. The highest BCUT2D eigenvalue weighted by atomic mass is 19.3. The second-order valence-corrected chi connectivity index (χ2v) is 6.27. The molecule has 1 N–H and O–H groups in total. The van der Waals surface area contributed by atoms with Crippen LogP contribution in [-0.4, -0.2) is 21.8 Å². The third-order valence-corrected chi connectivity index (χ3v) is 4.00. The third kappa shape index (κ3) is 3.60. The highest BCUT2D eigenvalue weighted by Gasteiger charge is 2.36. The molecule has 0 aromatic carbocycles. The molecule has 0 aliphatic carbocycles. The number of carbonyl (C=O) groups is 2. The minimum absolute atomic E-state index is 0.152. The Hall–Kier alpha value is -2.31.